The minimum Gasteiger partial charge on any atom is -0.274 e. The number of sulfonamides is 2. The van der Waals surface area contributed by atoms with Gasteiger partial charge < -0.3 is 0 Å². The number of carbonyl (C=O) groups excluding carboxylic acids is 1. The second-order valence-electron chi connectivity index (χ2n) is 10.9. The number of halogens is 1. The molecule has 0 aliphatic carbocycles. The van der Waals surface area contributed by atoms with Gasteiger partial charge in [0.25, 0.3) is 10.0 Å². The first kappa shape index (κ1) is 43.8. The lowest BCUT2D eigenvalue weighted by Gasteiger charge is -2.15. The van der Waals surface area contributed by atoms with Gasteiger partial charge in [0.15, 0.2) is 0 Å². The molecule has 0 fully saturated rings. The first-order valence-electron chi connectivity index (χ1n) is 14.3. The maximum atomic E-state index is 12.0. The Morgan fingerprint density at radius 2 is 0.864 bits per heavy atom. The number of benzene rings is 3. The van der Waals surface area contributed by atoms with E-state index in [-0.39, 0.29) is 33.8 Å². The Morgan fingerprint density at radius 1 is 0.545 bits per heavy atom. The van der Waals surface area contributed by atoms with Crippen molar-refractivity contribution in [3.63, 3.8) is 0 Å². The summed E-state index contributed by atoms with van der Waals surface area (Å²) in [5.74, 6) is -0.581. The fraction of sp³-hybridized carbons (Fsp3) is 0.441. The summed E-state index contributed by atoms with van der Waals surface area (Å²) in [7, 11) is -7.36. The molecule has 3 N–H and O–H groups in total. The zero-order chi connectivity index (χ0) is 34.2. The largest absolute Gasteiger partial charge is 0.274 e. The Bertz CT molecular complexity index is 1670. The number of carbonyl (C=O) groups is 1. The van der Waals surface area contributed by atoms with Gasteiger partial charge in [-0.05, 0) is 144 Å². The van der Waals surface area contributed by atoms with E-state index in [2.05, 4.69) is 39.8 Å². The number of amides is 1. The highest BCUT2D eigenvalue weighted by Crippen LogP contribution is 2.26. The van der Waals surface area contributed by atoms with Crippen molar-refractivity contribution in [3.8, 4) is 0 Å². The average molecular weight is 761 g/mol. The SMILES string of the molecule is CC.CC(=O)NS(=O)(=O)c1c(C)cc(C)c(C)c1C.Cc1cc(C)c(C)c(C)c1.Cc1cc(C)c(S(N)(=O)=O)c(C)c1C.I. The number of primary sulfonamides is 1. The molecule has 0 bridgehead atoms. The molecule has 0 aliphatic rings. The lowest BCUT2D eigenvalue weighted by atomic mass is 10.0. The van der Waals surface area contributed by atoms with E-state index in [0.717, 1.165) is 27.8 Å². The first-order valence-corrected chi connectivity index (χ1v) is 17.3. The van der Waals surface area contributed by atoms with Crippen LogP contribution in [0.25, 0.3) is 0 Å². The van der Waals surface area contributed by atoms with Gasteiger partial charge in [-0.15, -0.1) is 24.0 Å². The minimum atomic E-state index is -3.76. The second kappa shape index (κ2) is 18.0. The van der Waals surface area contributed by atoms with Crippen molar-refractivity contribution in [2.75, 3.05) is 0 Å². The third kappa shape index (κ3) is 11.9. The Kier molecular flexibility index (Phi) is 18.0. The summed E-state index contributed by atoms with van der Waals surface area (Å²) in [5.41, 5.74) is 12.4. The molecule has 0 aliphatic heterocycles. The molecule has 0 atom stereocenters. The summed E-state index contributed by atoms with van der Waals surface area (Å²) in [6, 6.07) is 8.11. The Hall–Kier alpha value is -2.28. The van der Waals surface area contributed by atoms with Crippen LogP contribution in [0.5, 0.6) is 0 Å². The van der Waals surface area contributed by atoms with Crippen molar-refractivity contribution >= 4 is 49.9 Å². The van der Waals surface area contributed by atoms with Crippen LogP contribution < -0.4 is 9.86 Å². The molecule has 10 heteroatoms. The molecule has 3 rings (SSSR count). The molecule has 0 aromatic heterocycles. The fourth-order valence-corrected chi connectivity index (χ4v) is 7.47. The molecule has 44 heavy (non-hydrogen) atoms. The summed E-state index contributed by atoms with van der Waals surface area (Å²) in [5, 5.41) is 5.15. The van der Waals surface area contributed by atoms with Crippen molar-refractivity contribution in [1.82, 2.24) is 4.72 Å². The van der Waals surface area contributed by atoms with Crippen molar-refractivity contribution in [2.45, 2.75) is 114 Å². The Morgan fingerprint density at radius 3 is 1.20 bits per heavy atom. The third-order valence-electron chi connectivity index (χ3n) is 7.47. The van der Waals surface area contributed by atoms with E-state index < -0.39 is 26.0 Å². The van der Waals surface area contributed by atoms with Gasteiger partial charge in [-0.1, -0.05) is 43.7 Å². The smallest absolute Gasteiger partial charge is 0.264 e. The van der Waals surface area contributed by atoms with Crippen LogP contribution in [0.15, 0.2) is 34.1 Å². The summed E-state index contributed by atoms with van der Waals surface area (Å²) in [6.45, 7) is 28.5. The number of hydrogen-bond donors (Lipinski definition) is 2. The van der Waals surface area contributed by atoms with Crippen LogP contribution in [-0.4, -0.2) is 22.7 Å². The van der Waals surface area contributed by atoms with Gasteiger partial charge in [-0.2, -0.15) is 0 Å². The van der Waals surface area contributed by atoms with Gasteiger partial charge in [0.05, 0.1) is 9.79 Å². The molecule has 0 unspecified atom stereocenters. The summed E-state index contributed by atoms with van der Waals surface area (Å²) < 4.78 is 48.7. The van der Waals surface area contributed by atoms with Crippen LogP contribution in [0.3, 0.4) is 0 Å². The van der Waals surface area contributed by atoms with Gasteiger partial charge in [-0.25, -0.2) is 26.7 Å². The predicted molar refractivity (Wildman–Crippen MR) is 195 cm³/mol. The number of rotatable bonds is 3. The number of aryl methyl sites for hydroxylation is 7. The van der Waals surface area contributed by atoms with Crippen molar-refractivity contribution in [2.24, 2.45) is 5.14 Å². The molecule has 0 saturated carbocycles. The van der Waals surface area contributed by atoms with Crippen LogP contribution in [0.4, 0.5) is 0 Å². The Balaban J connectivity index is 0. The van der Waals surface area contributed by atoms with Crippen molar-refractivity contribution in [1.29, 1.82) is 0 Å². The molecule has 0 saturated heterocycles. The summed E-state index contributed by atoms with van der Waals surface area (Å²) in [6.07, 6.45) is 0. The zero-order valence-electron chi connectivity index (χ0n) is 29.2. The van der Waals surface area contributed by atoms with Crippen LogP contribution in [0, 0.1) is 83.1 Å². The Labute approximate surface area is 284 Å². The van der Waals surface area contributed by atoms with Gasteiger partial charge in [-0.3, -0.25) is 4.79 Å². The normalized spacial score (nSPS) is 10.5. The van der Waals surface area contributed by atoms with E-state index >= 15 is 0 Å². The molecule has 3 aromatic carbocycles. The zero-order valence-corrected chi connectivity index (χ0v) is 33.1. The molecular weight excluding hydrogens is 707 g/mol. The summed E-state index contributed by atoms with van der Waals surface area (Å²) in [4.78, 5) is 11.4. The molecule has 248 valence electrons. The lowest BCUT2D eigenvalue weighted by Crippen LogP contribution is -2.29. The standard InChI is InChI=1S/C12H17NO3S.C10H15NO2S.C10H14.C2H6.HI/c1-7-6-8(2)12(10(4)9(7)3)17(15,16)13-11(5)14;1-6-5-7(2)10(14(11,12)13)9(4)8(6)3;1-7-5-8(2)10(4)9(3)6-7;1-2;/h6H,1-5H3,(H,13,14);5H,1-4H3,(H2,11,12,13);5-6H,1-4H3;1-2H3;1H. The second-order valence-corrected chi connectivity index (χ2v) is 14.0. The molecule has 3 aromatic rings. The molecular formula is C34H53IN2O5S2. The highest BCUT2D eigenvalue weighted by molar-refractivity contribution is 14.0. The van der Waals surface area contributed by atoms with E-state index in [9.17, 15) is 21.6 Å². The topological polar surface area (TPSA) is 123 Å². The molecule has 7 nitrogen and oxygen atoms in total. The maximum absolute atomic E-state index is 12.0. The fourth-order valence-electron chi connectivity index (χ4n) is 4.86. The minimum absolute atomic E-state index is 0. The highest BCUT2D eigenvalue weighted by atomic mass is 127. The van der Waals surface area contributed by atoms with Gasteiger partial charge >= 0.3 is 0 Å². The van der Waals surface area contributed by atoms with E-state index in [1.807, 2.05) is 58.4 Å². The molecule has 0 spiro atoms. The molecule has 1 amide bonds. The maximum Gasteiger partial charge on any atom is 0.264 e. The van der Waals surface area contributed by atoms with Gasteiger partial charge in [0, 0.05) is 6.92 Å². The number of nitrogens with two attached hydrogens (primary N) is 1. The predicted octanol–water partition coefficient (Wildman–Crippen LogP) is 7.88. The summed E-state index contributed by atoms with van der Waals surface area (Å²) >= 11 is 0. The van der Waals surface area contributed by atoms with Gasteiger partial charge in [0.2, 0.25) is 15.9 Å². The monoisotopic (exact) mass is 760 g/mol. The van der Waals surface area contributed by atoms with Crippen molar-refractivity contribution in [3.05, 3.63) is 91.0 Å². The van der Waals surface area contributed by atoms with Crippen LogP contribution >= 0.6 is 24.0 Å². The van der Waals surface area contributed by atoms with Crippen molar-refractivity contribution < 1.29 is 21.6 Å². The quantitative estimate of drug-likeness (QED) is 0.263. The van der Waals surface area contributed by atoms with E-state index in [4.69, 9.17) is 5.14 Å². The van der Waals surface area contributed by atoms with E-state index in [1.54, 1.807) is 27.7 Å². The number of nitrogens with one attached hydrogen (secondary N) is 1. The van der Waals surface area contributed by atoms with Gasteiger partial charge in [0.1, 0.15) is 0 Å². The van der Waals surface area contributed by atoms with Crippen LogP contribution in [-0.2, 0) is 24.8 Å². The van der Waals surface area contributed by atoms with E-state index in [1.165, 1.54) is 29.2 Å². The molecule has 0 heterocycles. The van der Waals surface area contributed by atoms with Crippen LogP contribution in [0.1, 0.15) is 87.5 Å². The lowest BCUT2D eigenvalue weighted by molar-refractivity contribution is -0.117. The molecule has 0 radical (unpaired) electrons. The average Bonchev–Trinajstić information content (AvgIpc) is 2.84. The highest BCUT2D eigenvalue weighted by Gasteiger charge is 2.22. The first-order chi connectivity index (χ1) is 19.5. The van der Waals surface area contributed by atoms with E-state index in [0.29, 0.717) is 16.7 Å². The third-order valence-corrected chi connectivity index (χ3v) is 10.4. The number of hydrogen-bond acceptors (Lipinski definition) is 5. The van der Waals surface area contributed by atoms with Crippen LogP contribution in [0.2, 0.25) is 0 Å².